The van der Waals surface area contributed by atoms with Crippen molar-refractivity contribution in [2.75, 3.05) is 6.61 Å². The maximum Gasteiger partial charge on any atom is 0.326 e. The molecule has 4 N–H and O–H groups in total. The molecule has 0 aliphatic heterocycles. The third-order valence-electron chi connectivity index (χ3n) is 6.57. The van der Waals surface area contributed by atoms with Crippen molar-refractivity contribution in [3.8, 4) is 28.3 Å². The average molecular weight is 572 g/mol. The van der Waals surface area contributed by atoms with Gasteiger partial charge in [0.1, 0.15) is 11.8 Å². The number of ether oxygens (including phenoxy) is 1. The first-order chi connectivity index (χ1) is 20.3. The van der Waals surface area contributed by atoms with Gasteiger partial charge in [0.2, 0.25) is 0 Å². The van der Waals surface area contributed by atoms with Crippen molar-refractivity contribution in [2.45, 2.75) is 71.4 Å². The van der Waals surface area contributed by atoms with E-state index < -0.39 is 17.9 Å². The minimum Gasteiger partial charge on any atom is -0.494 e. The van der Waals surface area contributed by atoms with Gasteiger partial charge in [0.25, 0.3) is 5.91 Å². The lowest BCUT2D eigenvalue weighted by Gasteiger charge is -2.15. The SMILES string of the molecule is CCCCCCCOc1ccc(-c2cnc(-c3ccc(CC(NC(=O)C(C=NC(C)C)=CN)C(=O)O)cc3)nc2)cc1. The van der Waals surface area contributed by atoms with Gasteiger partial charge >= 0.3 is 5.97 Å². The Morgan fingerprint density at radius 2 is 1.60 bits per heavy atom. The lowest BCUT2D eigenvalue weighted by Crippen LogP contribution is -2.43. The Morgan fingerprint density at radius 1 is 0.952 bits per heavy atom. The van der Waals surface area contributed by atoms with Gasteiger partial charge in [0.05, 0.1) is 12.2 Å². The third kappa shape index (κ3) is 10.1. The van der Waals surface area contributed by atoms with E-state index in [-0.39, 0.29) is 18.0 Å². The van der Waals surface area contributed by atoms with Gasteiger partial charge in [-0.15, -0.1) is 0 Å². The predicted octanol–water partition coefficient (Wildman–Crippen LogP) is 5.59. The van der Waals surface area contributed by atoms with E-state index >= 15 is 0 Å². The summed E-state index contributed by atoms with van der Waals surface area (Å²) in [6, 6.07) is 14.0. The van der Waals surface area contributed by atoms with E-state index in [2.05, 4.69) is 27.2 Å². The molecule has 0 aliphatic carbocycles. The van der Waals surface area contributed by atoms with Gasteiger partial charge in [0, 0.05) is 48.4 Å². The summed E-state index contributed by atoms with van der Waals surface area (Å²) in [5.41, 5.74) is 9.06. The van der Waals surface area contributed by atoms with Crippen LogP contribution in [0.4, 0.5) is 0 Å². The molecule has 0 saturated carbocycles. The summed E-state index contributed by atoms with van der Waals surface area (Å²) in [4.78, 5) is 37.5. The largest absolute Gasteiger partial charge is 0.494 e. The summed E-state index contributed by atoms with van der Waals surface area (Å²) >= 11 is 0. The molecule has 2 aromatic carbocycles. The number of unbranched alkanes of at least 4 members (excludes halogenated alkanes) is 4. The lowest BCUT2D eigenvalue weighted by molar-refractivity contribution is -0.141. The van der Waals surface area contributed by atoms with Crippen LogP contribution in [0, 0.1) is 0 Å². The fourth-order valence-corrected chi connectivity index (χ4v) is 4.14. The van der Waals surface area contributed by atoms with E-state index in [9.17, 15) is 14.7 Å². The van der Waals surface area contributed by atoms with Gasteiger partial charge in [-0.1, -0.05) is 69.0 Å². The summed E-state index contributed by atoms with van der Waals surface area (Å²) < 4.78 is 5.86. The van der Waals surface area contributed by atoms with Gasteiger partial charge in [0.15, 0.2) is 5.82 Å². The third-order valence-corrected chi connectivity index (χ3v) is 6.57. The number of carboxylic acids is 1. The smallest absolute Gasteiger partial charge is 0.326 e. The minimum absolute atomic E-state index is 0.0251. The zero-order valence-corrected chi connectivity index (χ0v) is 24.6. The summed E-state index contributed by atoms with van der Waals surface area (Å²) in [5.74, 6) is -0.337. The van der Waals surface area contributed by atoms with Gasteiger partial charge in [-0.2, -0.15) is 0 Å². The Bertz CT molecular complexity index is 1330. The van der Waals surface area contributed by atoms with Crippen LogP contribution in [-0.4, -0.2) is 51.9 Å². The molecule has 0 bridgehead atoms. The molecule has 9 nitrogen and oxygen atoms in total. The summed E-state index contributed by atoms with van der Waals surface area (Å²) in [5, 5.41) is 12.2. The molecule has 0 saturated heterocycles. The molecule has 1 unspecified atom stereocenters. The first-order valence-corrected chi connectivity index (χ1v) is 14.4. The van der Waals surface area contributed by atoms with E-state index in [1.54, 1.807) is 24.5 Å². The van der Waals surface area contributed by atoms with E-state index in [1.165, 1.54) is 31.9 Å². The van der Waals surface area contributed by atoms with Crippen LogP contribution < -0.4 is 15.8 Å². The van der Waals surface area contributed by atoms with Crippen molar-refractivity contribution in [2.24, 2.45) is 10.7 Å². The molecule has 42 heavy (non-hydrogen) atoms. The number of aromatic nitrogens is 2. The molecule has 0 spiro atoms. The molecule has 3 aromatic rings. The average Bonchev–Trinajstić information content (AvgIpc) is 2.99. The van der Waals surface area contributed by atoms with E-state index in [0.717, 1.165) is 47.2 Å². The highest BCUT2D eigenvalue weighted by Gasteiger charge is 2.22. The van der Waals surface area contributed by atoms with Crippen molar-refractivity contribution in [3.05, 3.63) is 78.3 Å². The summed E-state index contributed by atoms with van der Waals surface area (Å²) in [7, 11) is 0. The van der Waals surface area contributed by atoms with E-state index in [4.69, 9.17) is 10.5 Å². The molecule has 1 aromatic heterocycles. The fraction of sp³-hybridized carbons (Fsp3) is 0.364. The number of aliphatic imine (C=N–C) groups is 1. The Morgan fingerprint density at radius 3 is 2.19 bits per heavy atom. The fourth-order valence-electron chi connectivity index (χ4n) is 4.14. The van der Waals surface area contributed by atoms with Gasteiger partial charge < -0.3 is 20.9 Å². The highest BCUT2D eigenvalue weighted by atomic mass is 16.5. The first kappa shape index (κ1) is 32.0. The minimum atomic E-state index is -1.15. The molecule has 222 valence electrons. The topological polar surface area (TPSA) is 140 Å². The number of aliphatic carboxylic acids is 1. The zero-order valence-electron chi connectivity index (χ0n) is 24.6. The zero-order chi connectivity index (χ0) is 30.3. The summed E-state index contributed by atoms with van der Waals surface area (Å²) in [6.45, 7) is 6.66. The standard InChI is InChI=1S/C33H41N5O4/c1-4-5-6-7-8-17-42-29-15-13-25(14-16-29)28-21-36-31(37-22-28)26-11-9-24(10-12-26)18-30(33(40)41)38-32(39)27(19-34)20-35-23(2)3/h9-16,19-23,30H,4-8,17-18,34H2,1-3H3,(H,38,39)(H,40,41). The van der Waals surface area contributed by atoms with Crippen molar-refractivity contribution < 1.29 is 19.4 Å². The normalized spacial score (nSPS) is 12.4. The first-order valence-electron chi connectivity index (χ1n) is 14.4. The molecule has 1 amide bonds. The van der Waals surface area contributed by atoms with Crippen LogP contribution in [0.2, 0.25) is 0 Å². The molecule has 9 heteroatoms. The maximum atomic E-state index is 12.5. The van der Waals surface area contributed by atoms with Crippen LogP contribution in [-0.2, 0) is 16.0 Å². The van der Waals surface area contributed by atoms with Crippen LogP contribution in [0.3, 0.4) is 0 Å². The van der Waals surface area contributed by atoms with Crippen molar-refractivity contribution >= 4 is 18.1 Å². The number of hydrogen-bond acceptors (Lipinski definition) is 7. The van der Waals surface area contributed by atoms with Crippen molar-refractivity contribution in [1.82, 2.24) is 15.3 Å². The number of carboxylic acid groups (broad SMARTS) is 1. The number of hydrogen-bond donors (Lipinski definition) is 3. The van der Waals surface area contributed by atoms with Crippen LogP contribution in [0.1, 0.15) is 58.4 Å². The molecule has 1 atom stereocenters. The Hall–Kier alpha value is -4.53. The lowest BCUT2D eigenvalue weighted by atomic mass is 10.0. The quantitative estimate of drug-likeness (QED) is 0.116. The number of benzene rings is 2. The maximum absolute atomic E-state index is 12.5. The second-order valence-corrected chi connectivity index (χ2v) is 10.3. The molecule has 0 fully saturated rings. The Labute approximate surface area is 248 Å². The molecule has 0 aliphatic rings. The number of carbonyl (C=O) groups excluding carboxylic acids is 1. The van der Waals surface area contributed by atoms with Crippen molar-refractivity contribution in [1.29, 1.82) is 0 Å². The number of amides is 1. The summed E-state index contributed by atoms with van der Waals surface area (Å²) in [6.07, 6.45) is 12.1. The predicted molar refractivity (Wildman–Crippen MR) is 166 cm³/mol. The molecular weight excluding hydrogens is 530 g/mol. The van der Waals surface area contributed by atoms with Gasteiger partial charge in [-0.25, -0.2) is 14.8 Å². The highest BCUT2D eigenvalue weighted by molar-refractivity contribution is 6.12. The van der Waals surface area contributed by atoms with Gasteiger partial charge in [-0.3, -0.25) is 9.79 Å². The van der Waals surface area contributed by atoms with Crippen molar-refractivity contribution in [3.63, 3.8) is 0 Å². The number of nitrogens with two attached hydrogens (primary N) is 1. The van der Waals surface area contributed by atoms with Crippen LogP contribution in [0.5, 0.6) is 5.75 Å². The molecule has 3 rings (SSSR count). The second kappa shape index (κ2) is 16.7. The van der Waals surface area contributed by atoms with E-state index in [0.29, 0.717) is 5.82 Å². The van der Waals surface area contributed by atoms with Gasteiger partial charge in [-0.05, 0) is 43.5 Å². The van der Waals surface area contributed by atoms with E-state index in [1.807, 2.05) is 50.2 Å². The monoisotopic (exact) mass is 571 g/mol. The molecule has 1 heterocycles. The Kier molecular flexibility index (Phi) is 12.7. The number of nitrogens with one attached hydrogen (secondary N) is 1. The molecule has 0 radical (unpaired) electrons. The highest BCUT2D eigenvalue weighted by Crippen LogP contribution is 2.23. The number of nitrogens with zero attached hydrogens (tertiary/aromatic N) is 3. The van der Waals surface area contributed by atoms with Crippen LogP contribution in [0.15, 0.2) is 77.7 Å². The number of carbonyl (C=O) groups is 2. The van der Waals surface area contributed by atoms with Crippen LogP contribution >= 0.6 is 0 Å². The second-order valence-electron chi connectivity index (χ2n) is 10.3. The molecular formula is C33H41N5O4. The Balaban J connectivity index is 1.58. The van der Waals surface area contributed by atoms with Crippen LogP contribution in [0.25, 0.3) is 22.5 Å². The number of rotatable bonds is 16.